The number of carbonyl (C=O) groups is 3. The molecule has 9 nitrogen and oxygen atoms in total. The first kappa shape index (κ1) is 25.4. The highest BCUT2D eigenvalue weighted by atomic mass is 35.5. The zero-order valence-corrected chi connectivity index (χ0v) is 20.8. The van der Waals surface area contributed by atoms with Gasteiger partial charge in [-0.05, 0) is 26.7 Å². The molecule has 4 aliphatic rings. The van der Waals surface area contributed by atoms with Crippen LogP contribution in [0.1, 0.15) is 53.9 Å². The molecule has 0 unspecified atom stereocenters. The molecule has 190 valence electrons. The fourth-order valence-corrected chi connectivity index (χ4v) is 7.20. The summed E-state index contributed by atoms with van der Waals surface area (Å²) in [6, 6.07) is 0. The molecule has 4 fully saturated rings. The molecule has 1 spiro atoms. The molecule has 0 aromatic rings. The summed E-state index contributed by atoms with van der Waals surface area (Å²) in [5, 5.41) is 21.9. The van der Waals surface area contributed by atoms with Crippen LogP contribution < -0.4 is 0 Å². The summed E-state index contributed by atoms with van der Waals surface area (Å²) in [6.07, 6.45) is -4.29. The van der Waals surface area contributed by atoms with Gasteiger partial charge in [0.05, 0.1) is 29.1 Å². The van der Waals surface area contributed by atoms with E-state index in [0.29, 0.717) is 18.4 Å². The van der Waals surface area contributed by atoms with E-state index in [4.69, 9.17) is 30.5 Å². The zero-order valence-electron chi connectivity index (χ0n) is 20.1. The average molecular weight is 501 g/mol. The van der Waals surface area contributed by atoms with E-state index in [0.717, 1.165) is 0 Å². The lowest BCUT2D eigenvalue weighted by molar-refractivity contribution is -0.355. The Morgan fingerprint density at radius 3 is 2.41 bits per heavy atom. The number of hydrogen-bond donors (Lipinski definition) is 2. The summed E-state index contributed by atoms with van der Waals surface area (Å²) in [7, 11) is 0. The molecular formula is C24H33ClO9. The summed E-state index contributed by atoms with van der Waals surface area (Å²) < 4.78 is 24.0. The summed E-state index contributed by atoms with van der Waals surface area (Å²) in [5.41, 5.74) is -3.78. The van der Waals surface area contributed by atoms with Crippen molar-refractivity contribution in [3.63, 3.8) is 0 Å². The lowest BCUT2D eigenvalue weighted by Gasteiger charge is -2.66. The van der Waals surface area contributed by atoms with Crippen LogP contribution in [-0.2, 0) is 33.3 Å². The van der Waals surface area contributed by atoms with Crippen LogP contribution in [0.2, 0.25) is 0 Å². The highest BCUT2D eigenvalue weighted by molar-refractivity contribution is 6.23. The Morgan fingerprint density at radius 2 is 1.82 bits per heavy atom. The molecule has 2 N–H and O–H groups in total. The topological polar surface area (TPSA) is 129 Å². The van der Waals surface area contributed by atoms with E-state index in [1.807, 2.05) is 0 Å². The van der Waals surface area contributed by atoms with E-state index in [9.17, 15) is 24.6 Å². The maximum absolute atomic E-state index is 12.9. The van der Waals surface area contributed by atoms with Crippen LogP contribution in [0.15, 0.2) is 12.2 Å². The Bertz CT molecular complexity index is 918. The van der Waals surface area contributed by atoms with E-state index >= 15 is 0 Å². The third kappa shape index (κ3) is 3.34. The van der Waals surface area contributed by atoms with Crippen molar-refractivity contribution in [1.29, 1.82) is 0 Å². The number of halogens is 1. The van der Waals surface area contributed by atoms with Crippen LogP contribution in [0.4, 0.5) is 0 Å². The predicted molar refractivity (Wildman–Crippen MR) is 119 cm³/mol. The molecule has 3 saturated heterocycles. The van der Waals surface area contributed by atoms with Gasteiger partial charge in [-0.2, -0.15) is 0 Å². The molecule has 2 bridgehead atoms. The molecule has 0 amide bonds. The van der Waals surface area contributed by atoms with Crippen LogP contribution in [0.3, 0.4) is 0 Å². The number of hydrogen-bond acceptors (Lipinski definition) is 9. The van der Waals surface area contributed by atoms with Crippen LogP contribution >= 0.6 is 11.6 Å². The first-order valence-electron chi connectivity index (χ1n) is 11.6. The molecule has 0 aromatic heterocycles. The van der Waals surface area contributed by atoms with Gasteiger partial charge in [-0.15, -0.1) is 11.6 Å². The standard InChI is InChI=1S/C24H33ClO9/c1-10-7-8-15-22(5)16(31-12(3)26)9-14(28)23(6,30)18(22)20(32-13(4)27)24(34-15)11(2)21(29)33-19(24)17(10)25/h11,14-20,28,30H,1,7-9H2,2-6H3/t11-,14+,15+,16-,17-,18+,19-,20+,22-,23+,24-/m0/s1. The van der Waals surface area contributed by atoms with E-state index in [2.05, 4.69) is 6.58 Å². The van der Waals surface area contributed by atoms with Crippen molar-refractivity contribution >= 4 is 29.5 Å². The summed E-state index contributed by atoms with van der Waals surface area (Å²) in [6.45, 7) is 11.5. The van der Waals surface area contributed by atoms with Gasteiger partial charge < -0.3 is 29.2 Å². The van der Waals surface area contributed by atoms with Crippen molar-refractivity contribution < 1.29 is 43.5 Å². The van der Waals surface area contributed by atoms with Crippen LogP contribution in [0.25, 0.3) is 0 Å². The number of esters is 3. The van der Waals surface area contributed by atoms with Crippen LogP contribution in [0.5, 0.6) is 0 Å². The molecule has 1 saturated carbocycles. The van der Waals surface area contributed by atoms with Gasteiger partial charge in [-0.3, -0.25) is 14.4 Å². The Morgan fingerprint density at radius 1 is 1.21 bits per heavy atom. The first-order chi connectivity index (χ1) is 15.7. The lowest BCUT2D eigenvalue weighted by Crippen LogP contribution is -2.79. The monoisotopic (exact) mass is 500 g/mol. The number of alkyl halides is 1. The SMILES string of the molecule is C=C1CC[C@H]2O[C@@]3([C@H](OC(C)=O)[C@H]4[C@](C)(O)[C@H](O)C[C@H](OC(C)=O)[C@]24C)[C@@H](C)C(=O)O[C@H]3[C@H]1Cl. The molecule has 3 aliphatic heterocycles. The van der Waals surface area contributed by atoms with Crippen molar-refractivity contribution in [2.45, 2.75) is 101 Å². The smallest absolute Gasteiger partial charge is 0.312 e. The maximum Gasteiger partial charge on any atom is 0.312 e. The van der Waals surface area contributed by atoms with Crippen LogP contribution in [-0.4, -0.2) is 75.2 Å². The summed E-state index contributed by atoms with van der Waals surface area (Å²) in [5.74, 6) is -3.67. The number of carbonyl (C=O) groups excluding carboxylic acids is 3. The third-order valence-electron chi connectivity index (χ3n) is 8.60. The number of rotatable bonds is 2. The second-order valence-electron chi connectivity index (χ2n) is 10.6. The third-order valence-corrected chi connectivity index (χ3v) is 9.13. The lowest BCUT2D eigenvalue weighted by atomic mass is 9.49. The predicted octanol–water partition coefficient (Wildman–Crippen LogP) is 1.64. The maximum atomic E-state index is 12.9. The Labute approximate surface area is 203 Å². The van der Waals surface area contributed by atoms with Crippen molar-refractivity contribution in [2.75, 3.05) is 0 Å². The molecule has 0 radical (unpaired) electrons. The molecule has 0 aromatic carbocycles. The van der Waals surface area contributed by atoms with Crippen molar-refractivity contribution in [3.8, 4) is 0 Å². The zero-order chi connectivity index (χ0) is 25.4. The highest BCUT2D eigenvalue weighted by Gasteiger charge is 2.78. The van der Waals surface area contributed by atoms with Gasteiger partial charge in [0, 0.05) is 31.6 Å². The second-order valence-corrected chi connectivity index (χ2v) is 11.1. The highest BCUT2D eigenvalue weighted by Crippen LogP contribution is 2.63. The van der Waals surface area contributed by atoms with Gasteiger partial charge in [0.25, 0.3) is 0 Å². The van der Waals surface area contributed by atoms with Crippen molar-refractivity contribution in [2.24, 2.45) is 17.3 Å². The second kappa shape index (κ2) is 8.18. The van der Waals surface area contributed by atoms with Gasteiger partial charge in [-0.25, -0.2) is 0 Å². The molecule has 10 heteroatoms. The van der Waals surface area contributed by atoms with E-state index in [1.54, 1.807) is 13.8 Å². The molecule has 34 heavy (non-hydrogen) atoms. The van der Waals surface area contributed by atoms with E-state index in [1.165, 1.54) is 20.8 Å². The molecule has 1 aliphatic carbocycles. The fraction of sp³-hybridized carbons (Fsp3) is 0.792. The fourth-order valence-electron chi connectivity index (χ4n) is 6.84. The Balaban J connectivity index is 2.00. The van der Waals surface area contributed by atoms with Gasteiger partial charge in [0.1, 0.15) is 12.2 Å². The van der Waals surface area contributed by atoms with E-state index in [-0.39, 0.29) is 6.42 Å². The number of fused-ring (bicyclic) bond motifs is 3. The number of aliphatic hydroxyl groups is 2. The minimum atomic E-state index is -1.78. The molecule has 11 atom stereocenters. The van der Waals surface area contributed by atoms with Gasteiger partial charge in [-0.1, -0.05) is 19.1 Å². The van der Waals surface area contributed by atoms with E-state index < -0.39 is 82.3 Å². The quantitative estimate of drug-likeness (QED) is 0.251. The summed E-state index contributed by atoms with van der Waals surface area (Å²) >= 11 is 6.75. The van der Waals surface area contributed by atoms with Gasteiger partial charge >= 0.3 is 17.9 Å². The van der Waals surface area contributed by atoms with Crippen LogP contribution in [0, 0.1) is 17.3 Å². The Kier molecular flexibility index (Phi) is 6.12. The molecular weight excluding hydrogens is 468 g/mol. The van der Waals surface area contributed by atoms with Crippen molar-refractivity contribution in [3.05, 3.63) is 12.2 Å². The Hall–Kier alpha value is -1.68. The molecule has 3 heterocycles. The first-order valence-corrected chi connectivity index (χ1v) is 12.1. The van der Waals surface area contributed by atoms with Gasteiger partial charge in [0.15, 0.2) is 11.7 Å². The van der Waals surface area contributed by atoms with Crippen molar-refractivity contribution in [1.82, 2.24) is 0 Å². The molecule has 4 rings (SSSR count). The number of ether oxygens (including phenoxy) is 4. The summed E-state index contributed by atoms with van der Waals surface area (Å²) in [4.78, 5) is 37.3. The minimum Gasteiger partial charge on any atom is -0.462 e. The average Bonchev–Trinajstić information content (AvgIpc) is 2.96. The number of aliphatic hydroxyl groups excluding tert-OH is 1. The minimum absolute atomic E-state index is 0.0350. The largest absolute Gasteiger partial charge is 0.462 e. The van der Waals surface area contributed by atoms with Gasteiger partial charge in [0.2, 0.25) is 0 Å². The normalized spacial score (nSPS) is 50.2.